The summed E-state index contributed by atoms with van der Waals surface area (Å²) >= 11 is 0. The first-order valence-corrected chi connectivity index (χ1v) is 7.01. The molecule has 94 valence electrons. The van der Waals surface area contributed by atoms with Crippen molar-refractivity contribution in [2.45, 2.75) is 52.7 Å². The van der Waals surface area contributed by atoms with Gasteiger partial charge in [0.05, 0.1) is 12.2 Å². The Balaban J connectivity index is 4.51. The predicted molar refractivity (Wildman–Crippen MR) is 64.1 cm³/mol. The minimum atomic E-state index is -3.31. The molecule has 4 nitrogen and oxygen atoms in total. The molecule has 0 aromatic carbocycles. The van der Waals surface area contributed by atoms with E-state index in [0.717, 1.165) is 0 Å². The molecule has 0 aliphatic rings. The van der Waals surface area contributed by atoms with Gasteiger partial charge in [0.2, 0.25) is 0 Å². The van der Waals surface area contributed by atoms with Gasteiger partial charge in [-0.3, -0.25) is 9.05 Å². The minimum Gasteiger partial charge on any atom is -0.396 e. The van der Waals surface area contributed by atoms with Crippen molar-refractivity contribution in [3.63, 3.8) is 0 Å². The Morgan fingerprint density at radius 1 is 1.19 bits per heavy atom. The Labute approximate surface area is 97.9 Å². The molecule has 0 heterocycles. The van der Waals surface area contributed by atoms with Gasteiger partial charge in [0, 0.05) is 18.7 Å². The maximum Gasteiger partial charge on any atom is 0.406 e. The first kappa shape index (κ1) is 15.7. The summed E-state index contributed by atoms with van der Waals surface area (Å²) in [4.78, 5) is 0. The first-order chi connectivity index (χ1) is 7.39. The van der Waals surface area contributed by atoms with E-state index in [-0.39, 0.29) is 18.8 Å². The zero-order valence-electron chi connectivity index (χ0n) is 10.4. The zero-order chi connectivity index (χ0) is 12.6. The zero-order valence-corrected chi connectivity index (χ0v) is 11.3. The second-order valence-electron chi connectivity index (χ2n) is 3.92. The second kappa shape index (κ2) is 7.86. The van der Waals surface area contributed by atoms with E-state index in [4.69, 9.17) is 14.2 Å². The fraction of sp³-hybridized carbons (Fsp3) is 0.818. The van der Waals surface area contributed by atoms with Crippen molar-refractivity contribution in [3.8, 4) is 11.6 Å². The summed E-state index contributed by atoms with van der Waals surface area (Å²) in [6.45, 7) is 7.21. The molecule has 16 heavy (non-hydrogen) atoms. The summed E-state index contributed by atoms with van der Waals surface area (Å²) in [6.07, 6.45) is 0.660. The molecule has 0 aliphatic heterocycles. The molecular formula is C11H21O4P. The number of rotatable bonds is 6. The SMILES string of the molecule is CC(C)OP(=O)(C#CCCCO)OC(C)C. The van der Waals surface area contributed by atoms with Gasteiger partial charge in [-0.15, -0.1) is 0 Å². The largest absolute Gasteiger partial charge is 0.406 e. The lowest BCUT2D eigenvalue weighted by atomic mass is 10.3. The van der Waals surface area contributed by atoms with Crippen LogP contribution in [-0.4, -0.2) is 23.9 Å². The van der Waals surface area contributed by atoms with E-state index in [1.165, 1.54) is 0 Å². The van der Waals surface area contributed by atoms with Crippen LogP contribution in [0.25, 0.3) is 0 Å². The Hall–Kier alpha value is -0.330. The smallest absolute Gasteiger partial charge is 0.396 e. The third kappa shape index (κ3) is 7.90. The van der Waals surface area contributed by atoms with Gasteiger partial charge in [-0.25, -0.2) is 4.57 Å². The van der Waals surface area contributed by atoms with E-state index in [9.17, 15) is 4.57 Å². The summed E-state index contributed by atoms with van der Waals surface area (Å²) in [5.41, 5.74) is 2.54. The molecular weight excluding hydrogens is 227 g/mol. The molecule has 1 N–H and O–H groups in total. The molecule has 0 saturated heterocycles. The Kier molecular flexibility index (Phi) is 7.70. The molecule has 0 amide bonds. The fourth-order valence-electron chi connectivity index (χ4n) is 0.953. The van der Waals surface area contributed by atoms with Gasteiger partial charge < -0.3 is 5.11 Å². The highest BCUT2D eigenvalue weighted by atomic mass is 31.2. The van der Waals surface area contributed by atoms with Crippen molar-refractivity contribution >= 4 is 7.60 Å². The highest BCUT2D eigenvalue weighted by Gasteiger charge is 2.24. The van der Waals surface area contributed by atoms with Crippen LogP contribution >= 0.6 is 7.60 Å². The molecule has 0 radical (unpaired) electrons. The highest BCUT2D eigenvalue weighted by molar-refractivity contribution is 7.59. The van der Waals surface area contributed by atoms with Crippen LogP contribution in [0.3, 0.4) is 0 Å². The topological polar surface area (TPSA) is 55.8 Å². The minimum absolute atomic E-state index is 0.0784. The van der Waals surface area contributed by atoms with Crippen LogP contribution in [0.1, 0.15) is 40.5 Å². The molecule has 0 bridgehead atoms. The lowest BCUT2D eigenvalue weighted by molar-refractivity contribution is 0.150. The van der Waals surface area contributed by atoms with Gasteiger partial charge >= 0.3 is 7.60 Å². The lowest BCUT2D eigenvalue weighted by Gasteiger charge is -2.17. The van der Waals surface area contributed by atoms with Gasteiger partial charge in [0.25, 0.3) is 0 Å². The monoisotopic (exact) mass is 248 g/mol. The van der Waals surface area contributed by atoms with Crippen LogP contribution in [0.4, 0.5) is 0 Å². The molecule has 0 rings (SSSR count). The average molecular weight is 248 g/mol. The fourth-order valence-corrected chi connectivity index (χ4v) is 2.52. The van der Waals surface area contributed by atoms with Gasteiger partial charge in [0.1, 0.15) is 0 Å². The quantitative estimate of drug-likeness (QED) is 0.446. The molecule has 0 unspecified atom stereocenters. The number of hydrogen-bond donors (Lipinski definition) is 1. The standard InChI is InChI=1S/C11H21O4P/c1-10(2)14-16(13,15-11(3)4)9-7-5-6-8-12/h10-12H,5-6,8H2,1-4H3. The molecule has 0 saturated carbocycles. The van der Waals surface area contributed by atoms with Crippen molar-refractivity contribution < 1.29 is 18.7 Å². The van der Waals surface area contributed by atoms with E-state index in [1.54, 1.807) is 27.7 Å². The van der Waals surface area contributed by atoms with Crippen LogP contribution in [0.15, 0.2) is 0 Å². The highest BCUT2D eigenvalue weighted by Crippen LogP contribution is 2.49. The van der Waals surface area contributed by atoms with E-state index >= 15 is 0 Å². The van der Waals surface area contributed by atoms with Gasteiger partial charge in [-0.05, 0) is 34.1 Å². The van der Waals surface area contributed by atoms with E-state index in [1.807, 2.05) is 0 Å². The van der Waals surface area contributed by atoms with Crippen LogP contribution in [0, 0.1) is 11.6 Å². The van der Waals surface area contributed by atoms with Crippen molar-refractivity contribution in [2.75, 3.05) is 6.61 Å². The Morgan fingerprint density at radius 3 is 2.06 bits per heavy atom. The molecule has 0 atom stereocenters. The van der Waals surface area contributed by atoms with Crippen molar-refractivity contribution in [3.05, 3.63) is 0 Å². The number of hydrogen-bond acceptors (Lipinski definition) is 4. The van der Waals surface area contributed by atoms with E-state index in [2.05, 4.69) is 11.6 Å². The van der Waals surface area contributed by atoms with Crippen LogP contribution in [-0.2, 0) is 13.6 Å². The Morgan fingerprint density at radius 2 is 1.69 bits per heavy atom. The summed E-state index contributed by atoms with van der Waals surface area (Å²) in [5, 5.41) is 8.59. The van der Waals surface area contributed by atoms with Crippen molar-refractivity contribution in [1.29, 1.82) is 0 Å². The van der Waals surface area contributed by atoms with Crippen LogP contribution in [0.2, 0.25) is 0 Å². The summed E-state index contributed by atoms with van der Waals surface area (Å²) in [5.74, 6) is 2.71. The first-order valence-electron chi connectivity index (χ1n) is 5.47. The normalized spacial score (nSPS) is 11.7. The molecule has 0 aromatic rings. The van der Waals surface area contributed by atoms with Crippen LogP contribution in [0.5, 0.6) is 0 Å². The molecule has 5 heteroatoms. The van der Waals surface area contributed by atoms with Gasteiger partial charge in [-0.2, -0.15) is 0 Å². The summed E-state index contributed by atoms with van der Waals surface area (Å²) in [6, 6.07) is 0. The van der Waals surface area contributed by atoms with Gasteiger partial charge in [0.15, 0.2) is 0 Å². The maximum atomic E-state index is 12.1. The third-order valence-electron chi connectivity index (χ3n) is 1.38. The van der Waals surface area contributed by atoms with Crippen molar-refractivity contribution in [2.24, 2.45) is 0 Å². The maximum absolute atomic E-state index is 12.1. The molecule has 0 aromatic heterocycles. The molecule has 0 fully saturated rings. The number of unbranched alkanes of at least 4 members (excludes halogenated alkanes) is 1. The summed E-state index contributed by atoms with van der Waals surface area (Å²) < 4.78 is 22.6. The van der Waals surface area contributed by atoms with Gasteiger partial charge in [-0.1, -0.05) is 5.92 Å². The average Bonchev–Trinajstić information content (AvgIpc) is 2.09. The van der Waals surface area contributed by atoms with Crippen molar-refractivity contribution in [1.82, 2.24) is 0 Å². The predicted octanol–water partition coefficient (Wildman–Crippen LogP) is 2.76. The van der Waals surface area contributed by atoms with E-state index < -0.39 is 7.60 Å². The second-order valence-corrected chi connectivity index (χ2v) is 5.56. The van der Waals surface area contributed by atoms with Crippen LogP contribution < -0.4 is 0 Å². The molecule has 0 aliphatic carbocycles. The number of aliphatic hydroxyl groups excluding tert-OH is 1. The third-order valence-corrected chi connectivity index (χ3v) is 3.21. The lowest BCUT2D eigenvalue weighted by Crippen LogP contribution is -2.06. The Bertz CT molecular complexity index is 274. The number of aliphatic hydroxyl groups is 1. The van der Waals surface area contributed by atoms with E-state index in [0.29, 0.717) is 12.8 Å². The molecule has 0 spiro atoms. The summed E-state index contributed by atoms with van der Waals surface area (Å²) in [7, 11) is -3.31.